The highest BCUT2D eigenvalue weighted by molar-refractivity contribution is 7.11. The molecule has 1 fully saturated rings. The van der Waals surface area contributed by atoms with E-state index in [0.717, 1.165) is 24.3 Å². The fourth-order valence-electron chi connectivity index (χ4n) is 2.05. The van der Waals surface area contributed by atoms with Crippen LogP contribution in [0.2, 0.25) is 0 Å². The van der Waals surface area contributed by atoms with E-state index < -0.39 is 0 Å². The molecule has 2 atom stereocenters. The second kappa shape index (κ2) is 4.88. The van der Waals surface area contributed by atoms with E-state index in [1.165, 1.54) is 11.5 Å². The summed E-state index contributed by atoms with van der Waals surface area (Å²) in [5.74, 6) is 1.11. The van der Waals surface area contributed by atoms with Gasteiger partial charge in [-0.15, -0.1) is 0 Å². The monoisotopic (exact) mass is 243 g/mol. The van der Waals surface area contributed by atoms with Gasteiger partial charge in [0.1, 0.15) is 0 Å². The van der Waals surface area contributed by atoms with E-state index in [-0.39, 0.29) is 0 Å². The molecule has 0 bridgehead atoms. The van der Waals surface area contributed by atoms with Crippen molar-refractivity contribution in [2.45, 2.75) is 31.4 Å². The number of rotatable bonds is 4. The molecule has 1 heterocycles. The van der Waals surface area contributed by atoms with Crippen LogP contribution in [0.15, 0.2) is 0 Å². The molecule has 2 rings (SSSR count). The van der Waals surface area contributed by atoms with Crippen LogP contribution in [-0.2, 0) is 4.74 Å². The molecule has 0 aliphatic heterocycles. The van der Waals surface area contributed by atoms with Crippen LogP contribution >= 0.6 is 11.5 Å². The molecule has 5 nitrogen and oxygen atoms in total. The number of ether oxygens (including phenoxy) is 2. The smallest absolute Gasteiger partial charge is 0.197 e. The standard InChI is InChI=1S/C10H17N3O2S/c1-14-7-4-3-6(5-7)12-10-8(15-2)9(11)13-16-10/h6-7,12H,3-5H2,1-2H3,(H2,11,13). The zero-order valence-electron chi connectivity index (χ0n) is 9.53. The Morgan fingerprint density at radius 3 is 2.88 bits per heavy atom. The average molecular weight is 243 g/mol. The Balaban J connectivity index is 1.99. The molecule has 90 valence electrons. The van der Waals surface area contributed by atoms with Gasteiger partial charge in [0.2, 0.25) is 0 Å². The van der Waals surface area contributed by atoms with Crippen LogP contribution in [0.4, 0.5) is 10.8 Å². The molecule has 1 aromatic rings. The lowest BCUT2D eigenvalue weighted by Crippen LogP contribution is -2.16. The molecule has 0 saturated heterocycles. The minimum absolute atomic E-state index is 0.369. The SMILES string of the molecule is COc1c(N)nsc1NC1CCC(OC)C1. The van der Waals surface area contributed by atoms with Crippen molar-refractivity contribution in [3.63, 3.8) is 0 Å². The van der Waals surface area contributed by atoms with Crippen molar-refractivity contribution in [1.29, 1.82) is 0 Å². The van der Waals surface area contributed by atoms with Crippen LogP contribution in [0.3, 0.4) is 0 Å². The number of hydrogen-bond acceptors (Lipinski definition) is 6. The summed E-state index contributed by atoms with van der Waals surface area (Å²) in [5, 5.41) is 4.33. The molecule has 6 heteroatoms. The Hall–Kier alpha value is -1.01. The molecule has 1 aliphatic carbocycles. The number of anilines is 2. The minimum Gasteiger partial charge on any atom is -0.490 e. The molecule has 1 saturated carbocycles. The normalized spacial score (nSPS) is 24.6. The summed E-state index contributed by atoms with van der Waals surface area (Å²) < 4.78 is 14.6. The van der Waals surface area contributed by atoms with Crippen molar-refractivity contribution in [3.05, 3.63) is 0 Å². The van der Waals surface area contributed by atoms with E-state index in [1.807, 2.05) is 0 Å². The maximum atomic E-state index is 5.69. The molecular formula is C10H17N3O2S. The molecule has 2 unspecified atom stereocenters. The van der Waals surface area contributed by atoms with E-state index >= 15 is 0 Å². The van der Waals surface area contributed by atoms with Crippen molar-refractivity contribution >= 4 is 22.4 Å². The second-order valence-electron chi connectivity index (χ2n) is 3.94. The van der Waals surface area contributed by atoms with Crippen LogP contribution < -0.4 is 15.8 Å². The number of nitrogens with zero attached hydrogens (tertiary/aromatic N) is 1. The fourth-order valence-corrected chi connectivity index (χ4v) is 2.82. The van der Waals surface area contributed by atoms with Gasteiger partial charge in [0, 0.05) is 13.2 Å². The third kappa shape index (κ3) is 2.22. The summed E-state index contributed by atoms with van der Waals surface area (Å²) in [5.41, 5.74) is 5.69. The Bertz CT molecular complexity index is 356. The maximum Gasteiger partial charge on any atom is 0.197 e. The first-order chi connectivity index (χ1) is 7.74. The maximum absolute atomic E-state index is 5.69. The van der Waals surface area contributed by atoms with Crippen molar-refractivity contribution in [2.75, 3.05) is 25.3 Å². The summed E-state index contributed by atoms with van der Waals surface area (Å²) in [4.78, 5) is 0. The van der Waals surface area contributed by atoms with Crippen LogP contribution in [0.5, 0.6) is 5.75 Å². The molecule has 0 amide bonds. The third-order valence-corrected chi connectivity index (χ3v) is 3.71. The largest absolute Gasteiger partial charge is 0.490 e. The first-order valence-electron chi connectivity index (χ1n) is 5.33. The number of nitrogens with one attached hydrogen (secondary N) is 1. The molecule has 0 radical (unpaired) electrons. The Labute approximate surface area is 99.1 Å². The van der Waals surface area contributed by atoms with Gasteiger partial charge in [-0.25, -0.2) is 0 Å². The van der Waals surface area contributed by atoms with Gasteiger partial charge in [-0.2, -0.15) is 4.37 Å². The van der Waals surface area contributed by atoms with Gasteiger partial charge in [0.15, 0.2) is 16.6 Å². The van der Waals surface area contributed by atoms with Crippen LogP contribution in [0, 0.1) is 0 Å². The van der Waals surface area contributed by atoms with Gasteiger partial charge in [-0.1, -0.05) is 0 Å². The zero-order valence-corrected chi connectivity index (χ0v) is 10.3. The van der Waals surface area contributed by atoms with Gasteiger partial charge in [0.05, 0.1) is 13.2 Å². The van der Waals surface area contributed by atoms with E-state index in [1.54, 1.807) is 14.2 Å². The summed E-state index contributed by atoms with van der Waals surface area (Å²) in [6.45, 7) is 0. The van der Waals surface area contributed by atoms with E-state index in [2.05, 4.69) is 9.69 Å². The lowest BCUT2D eigenvalue weighted by molar-refractivity contribution is 0.108. The van der Waals surface area contributed by atoms with Crippen LogP contribution in [-0.4, -0.2) is 30.7 Å². The van der Waals surface area contributed by atoms with E-state index in [0.29, 0.717) is 23.7 Å². The molecule has 1 aromatic heterocycles. The molecule has 16 heavy (non-hydrogen) atoms. The Morgan fingerprint density at radius 2 is 2.25 bits per heavy atom. The van der Waals surface area contributed by atoms with Crippen molar-refractivity contribution in [3.8, 4) is 5.75 Å². The van der Waals surface area contributed by atoms with E-state index in [9.17, 15) is 0 Å². The van der Waals surface area contributed by atoms with Gasteiger partial charge in [-0.3, -0.25) is 0 Å². The van der Waals surface area contributed by atoms with Gasteiger partial charge < -0.3 is 20.5 Å². The lowest BCUT2D eigenvalue weighted by atomic mass is 10.2. The van der Waals surface area contributed by atoms with Crippen LogP contribution in [0.1, 0.15) is 19.3 Å². The minimum atomic E-state index is 0.369. The van der Waals surface area contributed by atoms with Crippen molar-refractivity contribution in [2.24, 2.45) is 0 Å². The molecule has 3 N–H and O–H groups in total. The number of nitrogens with two attached hydrogens (primary N) is 1. The van der Waals surface area contributed by atoms with Gasteiger partial charge >= 0.3 is 0 Å². The lowest BCUT2D eigenvalue weighted by Gasteiger charge is -2.13. The van der Waals surface area contributed by atoms with Gasteiger partial charge in [0.25, 0.3) is 0 Å². The number of nitrogen functional groups attached to an aromatic ring is 1. The summed E-state index contributed by atoms with van der Waals surface area (Å²) in [7, 11) is 3.37. The molecule has 0 spiro atoms. The molecular weight excluding hydrogens is 226 g/mol. The highest BCUT2D eigenvalue weighted by Crippen LogP contribution is 2.37. The molecule has 0 aromatic carbocycles. The fraction of sp³-hybridized carbons (Fsp3) is 0.700. The molecule has 1 aliphatic rings. The number of methoxy groups -OCH3 is 2. The average Bonchev–Trinajstić information content (AvgIpc) is 2.86. The first-order valence-corrected chi connectivity index (χ1v) is 6.10. The third-order valence-electron chi connectivity index (χ3n) is 2.93. The van der Waals surface area contributed by atoms with Crippen molar-refractivity contribution in [1.82, 2.24) is 4.37 Å². The summed E-state index contributed by atoms with van der Waals surface area (Å²) in [6.07, 6.45) is 3.61. The second-order valence-corrected chi connectivity index (χ2v) is 4.72. The predicted molar refractivity (Wildman–Crippen MR) is 65.1 cm³/mol. The van der Waals surface area contributed by atoms with E-state index in [4.69, 9.17) is 15.2 Å². The highest BCUT2D eigenvalue weighted by Gasteiger charge is 2.26. The summed E-state index contributed by atoms with van der Waals surface area (Å²) in [6, 6.07) is 0.429. The first kappa shape index (κ1) is 11.5. The number of hydrogen-bond donors (Lipinski definition) is 2. The van der Waals surface area contributed by atoms with Crippen molar-refractivity contribution < 1.29 is 9.47 Å². The summed E-state index contributed by atoms with van der Waals surface area (Å²) >= 11 is 1.34. The highest BCUT2D eigenvalue weighted by atomic mass is 32.1. The predicted octanol–water partition coefficient (Wildman–Crippen LogP) is 1.71. The number of aromatic nitrogens is 1. The Kier molecular flexibility index (Phi) is 3.50. The Morgan fingerprint density at radius 1 is 1.44 bits per heavy atom. The van der Waals surface area contributed by atoms with Crippen LogP contribution in [0.25, 0.3) is 0 Å². The zero-order chi connectivity index (χ0) is 11.5. The topological polar surface area (TPSA) is 69.4 Å². The quantitative estimate of drug-likeness (QED) is 0.842. The van der Waals surface area contributed by atoms with Gasteiger partial charge in [-0.05, 0) is 30.8 Å².